The van der Waals surface area contributed by atoms with Crippen molar-refractivity contribution in [3.05, 3.63) is 76.0 Å². The molecule has 0 aliphatic rings. The molecule has 0 amide bonds. The highest BCUT2D eigenvalue weighted by atomic mass is 35.5. The van der Waals surface area contributed by atoms with Crippen LogP contribution in [0.15, 0.2) is 60.9 Å². The van der Waals surface area contributed by atoms with Crippen molar-refractivity contribution in [2.75, 3.05) is 5.43 Å². The lowest BCUT2D eigenvalue weighted by atomic mass is 10.2. The Morgan fingerprint density at radius 3 is 2.33 bits per heavy atom. The molecule has 0 saturated heterocycles. The molecular formula is C20H11Cl3N6S. The summed E-state index contributed by atoms with van der Waals surface area (Å²) in [6.45, 7) is 0. The first-order valence-electron chi connectivity index (χ1n) is 8.73. The van der Waals surface area contributed by atoms with Gasteiger partial charge >= 0.3 is 0 Å². The highest BCUT2D eigenvalue weighted by Gasteiger charge is 2.18. The van der Waals surface area contributed by atoms with E-state index >= 15 is 0 Å². The number of anilines is 1. The highest BCUT2D eigenvalue weighted by molar-refractivity contribution is 7.22. The number of benzene rings is 2. The molecule has 148 valence electrons. The molecule has 3 aromatic heterocycles. The van der Waals surface area contributed by atoms with Crippen LogP contribution in [0.1, 0.15) is 0 Å². The summed E-state index contributed by atoms with van der Waals surface area (Å²) in [5.41, 5.74) is 5.72. The Labute approximate surface area is 190 Å². The third kappa shape index (κ3) is 3.61. The zero-order valence-corrected chi connectivity index (χ0v) is 18.1. The monoisotopic (exact) mass is 472 g/mol. The number of pyridine rings is 1. The normalized spacial score (nSPS) is 11.2. The zero-order valence-electron chi connectivity index (χ0n) is 15.1. The molecule has 10 heteroatoms. The van der Waals surface area contributed by atoms with Crippen LogP contribution in [0.2, 0.25) is 15.1 Å². The summed E-state index contributed by atoms with van der Waals surface area (Å²) < 4.78 is 2.69. The van der Waals surface area contributed by atoms with Gasteiger partial charge in [-0.1, -0.05) is 46.1 Å². The van der Waals surface area contributed by atoms with Crippen molar-refractivity contribution >= 4 is 61.5 Å². The van der Waals surface area contributed by atoms with Gasteiger partial charge in [-0.15, -0.1) is 10.2 Å². The average Bonchev–Trinajstić information content (AvgIpc) is 3.33. The fourth-order valence-electron chi connectivity index (χ4n) is 2.93. The minimum atomic E-state index is 0.461. The molecule has 0 atom stereocenters. The Morgan fingerprint density at radius 1 is 0.867 bits per heavy atom. The number of thiazole rings is 1. The number of nitrogens with one attached hydrogen (secondary N) is 1. The van der Waals surface area contributed by atoms with Gasteiger partial charge in [0.2, 0.25) is 5.13 Å². The quantitative estimate of drug-likeness (QED) is 0.325. The largest absolute Gasteiger partial charge is 0.265 e. The van der Waals surface area contributed by atoms with E-state index in [1.165, 1.54) is 11.3 Å². The molecule has 0 radical (unpaired) electrons. The number of rotatable bonds is 4. The summed E-state index contributed by atoms with van der Waals surface area (Å²) in [5.74, 6) is 1.21. The molecule has 0 unspecified atom stereocenters. The number of nitrogens with zero attached hydrogens (tertiary/aromatic N) is 5. The molecule has 0 aliphatic carbocycles. The molecule has 5 aromatic rings. The Balaban J connectivity index is 1.63. The topological polar surface area (TPSA) is 68.5 Å². The third-order valence-electron chi connectivity index (χ3n) is 4.32. The van der Waals surface area contributed by atoms with Gasteiger partial charge in [-0.2, -0.15) is 0 Å². The highest BCUT2D eigenvalue weighted by Crippen LogP contribution is 2.34. The molecule has 5 rings (SSSR count). The lowest BCUT2D eigenvalue weighted by Crippen LogP contribution is -2.12. The van der Waals surface area contributed by atoms with E-state index in [1.54, 1.807) is 41.3 Å². The van der Waals surface area contributed by atoms with E-state index in [9.17, 15) is 0 Å². The fraction of sp³-hybridized carbons (Fsp3) is 0. The number of fused-ring (bicyclic) bond motifs is 1. The van der Waals surface area contributed by atoms with Crippen LogP contribution in [0.4, 0.5) is 5.13 Å². The first-order chi connectivity index (χ1) is 14.6. The van der Waals surface area contributed by atoms with Gasteiger partial charge in [0, 0.05) is 28.5 Å². The minimum Gasteiger partial charge on any atom is -0.265 e. The summed E-state index contributed by atoms with van der Waals surface area (Å²) in [6, 6.07) is 14.7. The van der Waals surface area contributed by atoms with E-state index in [2.05, 4.69) is 25.6 Å². The van der Waals surface area contributed by atoms with Gasteiger partial charge < -0.3 is 0 Å². The lowest BCUT2D eigenvalue weighted by Gasteiger charge is -2.11. The molecule has 30 heavy (non-hydrogen) atoms. The van der Waals surface area contributed by atoms with Crippen molar-refractivity contribution in [1.29, 1.82) is 0 Å². The van der Waals surface area contributed by atoms with Crippen molar-refractivity contribution in [3.63, 3.8) is 0 Å². The summed E-state index contributed by atoms with van der Waals surface area (Å²) >= 11 is 19.8. The van der Waals surface area contributed by atoms with E-state index in [0.29, 0.717) is 31.8 Å². The van der Waals surface area contributed by atoms with Gasteiger partial charge in [-0.3, -0.25) is 10.4 Å². The molecule has 0 saturated carbocycles. The molecule has 0 spiro atoms. The summed E-state index contributed by atoms with van der Waals surface area (Å²) in [7, 11) is 0. The van der Waals surface area contributed by atoms with E-state index < -0.39 is 0 Å². The lowest BCUT2D eigenvalue weighted by molar-refractivity contribution is 0.965. The predicted molar refractivity (Wildman–Crippen MR) is 122 cm³/mol. The Hall–Kier alpha value is -2.71. The van der Waals surface area contributed by atoms with Crippen molar-refractivity contribution in [3.8, 4) is 22.8 Å². The number of halogens is 3. The van der Waals surface area contributed by atoms with Crippen LogP contribution < -0.4 is 5.43 Å². The maximum Gasteiger partial charge on any atom is 0.203 e. The maximum absolute atomic E-state index is 6.15. The Morgan fingerprint density at radius 2 is 1.60 bits per heavy atom. The van der Waals surface area contributed by atoms with Crippen LogP contribution in [0.25, 0.3) is 33.0 Å². The molecular weight excluding hydrogens is 463 g/mol. The standard InChI is InChI=1S/C20H11Cl3N6S/c21-13-5-3-11(4-6-13)18-26-27-19(12-2-1-7-24-10-12)29(18)28-20-25-16-8-14(22)15(23)9-17(16)30-20/h1-10H,(H,25,28). The first-order valence-corrected chi connectivity index (χ1v) is 10.7. The average molecular weight is 474 g/mol. The number of hydrogen-bond acceptors (Lipinski definition) is 6. The molecule has 2 aromatic carbocycles. The maximum atomic E-state index is 6.15. The van der Waals surface area contributed by atoms with E-state index in [0.717, 1.165) is 21.3 Å². The summed E-state index contributed by atoms with van der Waals surface area (Å²) in [4.78, 5) is 8.81. The van der Waals surface area contributed by atoms with Gasteiger partial charge in [-0.25, -0.2) is 9.66 Å². The van der Waals surface area contributed by atoms with E-state index in [-0.39, 0.29) is 0 Å². The zero-order chi connectivity index (χ0) is 20.7. The molecule has 1 N–H and O–H groups in total. The second-order valence-corrected chi connectivity index (χ2v) is 8.58. The Kier molecular flexibility index (Phi) is 5.04. The Bertz CT molecular complexity index is 1310. The molecule has 3 heterocycles. The van der Waals surface area contributed by atoms with Gasteiger partial charge in [-0.05, 0) is 48.5 Å². The summed E-state index contributed by atoms with van der Waals surface area (Å²) in [6.07, 6.45) is 3.44. The first kappa shape index (κ1) is 19.3. The van der Waals surface area contributed by atoms with Gasteiger partial charge in [0.1, 0.15) is 0 Å². The van der Waals surface area contributed by atoms with Crippen LogP contribution >= 0.6 is 46.1 Å². The fourth-order valence-corrected chi connectivity index (χ4v) is 4.31. The van der Waals surface area contributed by atoms with Gasteiger partial charge in [0.15, 0.2) is 11.6 Å². The van der Waals surface area contributed by atoms with Crippen LogP contribution in [0, 0.1) is 0 Å². The van der Waals surface area contributed by atoms with Crippen LogP contribution in [-0.2, 0) is 0 Å². The second-order valence-electron chi connectivity index (χ2n) is 6.30. The van der Waals surface area contributed by atoms with Crippen molar-refractivity contribution in [1.82, 2.24) is 24.8 Å². The molecule has 0 aliphatic heterocycles. The second kappa shape index (κ2) is 7.85. The van der Waals surface area contributed by atoms with Crippen LogP contribution in [-0.4, -0.2) is 24.8 Å². The molecule has 0 bridgehead atoms. The number of hydrogen-bond donors (Lipinski definition) is 1. The SMILES string of the molecule is Clc1ccc(-c2nnc(-c3cccnc3)n2Nc2nc3cc(Cl)c(Cl)cc3s2)cc1. The van der Waals surface area contributed by atoms with Crippen LogP contribution in [0.5, 0.6) is 0 Å². The molecule has 6 nitrogen and oxygen atoms in total. The van der Waals surface area contributed by atoms with Crippen molar-refractivity contribution in [2.24, 2.45) is 0 Å². The van der Waals surface area contributed by atoms with Crippen LogP contribution in [0.3, 0.4) is 0 Å². The van der Waals surface area contributed by atoms with E-state index in [4.69, 9.17) is 34.8 Å². The van der Waals surface area contributed by atoms with E-state index in [1.807, 2.05) is 24.3 Å². The minimum absolute atomic E-state index is 0.461. The van der Waals surface area contributed by atoms with Crippen molar-refractivity contribution < 1.29 is 0 Å². The number of aromatic nitrogens is 5. The smallest absolute Gasteiger partial charge is 0.203 e. The summed E-state index contributed by atoms with van der Waals surface area (Å²) in [5, 5.41) is 11.0. The van der Waals surface area contributed by atoms with Gasteiger partial charge in [0.05, 0.1) is 20.3 Å². The third-order valence-corrected chi connectivity index (χ3v) is 6.22. The predicted octanol–water partition coefficient (Wildman–Crippen LogP) is 6.45. The molecule has 0 fully saturated rings. The van der Waals surface area contributed by atoms with Crippen molar-refractivity contribution in [2.45, 2.75) is 0 Å². The van der Waals surface area contributed by atoms with Gasteiger partial charge in [0.25, 0.3) is 0 Å².